The first-order valence-electron chi connectivity index (χ1n) is 7.47. The van der Waals surface area contributed by atoms with Crippen LogP contribution in [0.5, 0.6) is 0 Å². The van der Waals surface area contributed by atoms with Gasteiger partial charge in [0.15, 0.2) is 0 Å². The molecule has 0 bridgehead atoms. The third-order valence-electron chi connectivity index (χ3n) is 3.89. The summed E-state index contributed by atoms with van der Waals surface area (Å²) in [6, 6.07) is 0. The van der Waals surface area contributed by atoms with Crippen molar-refractivity contribution < 1.29 is 9.84 Å². The average molecular weight is 242 g/mol. The fraction of sp³-hybridized carbons (Fsp3) is 1.00. The number of rotatable bonds is 7. The molecule has 102 valence electrons. The van der Waals surface area contributed by atoms with Gasteiger partial charge in [-0.3, -0.25) is 0 Å². The van der Waals surface area contributed by atoms with E-state index in [9.17, 15) is 5.11 Å². The summed E-state index contributed by atoms with van der Waals surface area (Å²) in [4.78, 5) is 0. The summed E-state index contributed by atoms with van der Waals surface area (Å²) in [5.41, 5.74) is 0. The lowest BCUT2D eigenvalue weighted by Crippen LogP contribution is -2.37. The van der Waals surface area contributed by atoms with Crippen molar-refractivity contribution >= 4 is 0 Å². The molecule has 0 heterocycles. The van der Waals surface area contributed by atoms with E-state index in [1.807, 2.05) is 0 Å². The Morgan fingerprint density at radius 1 is 1.24 bits per heavy atom. The second-order valence-corrected chi connectivity index (χ2v) is 5.82. The Bertz CT molecular complexity index is 193. The van der Waals surface area contributed by atoms with Crippen molar-refractivity contribution in [1.82, 2.24) is 0 Å². The third kappa shape index (κ3) is 5.87. The number of hydrogen-bond acceptors (Lipinski definition) is 2. The topological polar surface area (TPSA) is 29.5 Å². The first-order chi connectivity index (χ1) is 8.13. The zero-order chi connectivity index (χ0) is 12.7. The highest BCUT2D eigenvalue weighted by Gasteiger charge is 2.28. The van der Waals surface area contributed by atoms with Crippen molar-refractivity contribution in [2.24, 2.45) is 5.92 Å². The molecule has 1 fully saturated rings. The zero-order valence-electron chi connectivity index (χ0n) is 11.8. The average Bonchev–Trinajstić information content (AvgIpc) is 2.29. The van der Waals surface area contributed by atoms with Crippen molar-refractivity contribution in [3.63, 3.8) is 0 Å². The van der Waals surface area contributed by atoms with E-state index >= 15 is 0 Å². The van der Waals surface area contributed by atoms with Crippen LogP contribution in [-0.4, -0.2) is 23.4 Å². The number of hydrogen-bond donors (Lipinski definition) is 1. The predicted molar refractivity (Wildman–Crippen MR) is 72.1 cm³/mol. The molecule has 4 unspecified atom stereocenters. The predicted octanol–water partition coefficient (Wildman–Crippen LogP) is 3.91. The van der Waals surface area contributed by atoms with Crippen molar-refractivity contribution in [3.05, 3.63) is 0 Å². The van der Waals surface area contributed by atoms with Crippen LogP contribution >= 0.6 is 0 Å². The summed E-state index contributed by atoms with van der Waals surface area (Å²) < 4.78 is 6.00. The van der Waals surface area contributed by atoms with Gasteiger partial charge in [0.25, 0.3) is 0 Å². The summed E-state index contributed by atoms with van der Waals surface area (Å²) in [6.45, 7) is 6.64. The van der Waals surface area contributed by atoms with Gasteiger partial charge in [0.05, 0.1) is 18.3 Å². The first kappa shape index (κ1) is 15.0. The molecule has 17 heavy (non-hydrogen) atoms. The van der Waals surface area contributed by atoms with E-state index in [1.54, 1.807) is 0 Å². The van der Waals surface area contributed by atoms with Gasteiger partial charge >= 0.3 is 0 Å². The Balaban J connectivity index is 2.17. The molecule has 0 radical (unpaired) electrons. The van der Waals surface area contributed by atoms with Crippen molar-refractivity contribution in [2.45, 2.75) is 90.4 Å². The lowest BCUT2D eigenvalue weighted by atomic mass is 9.86. The molecular weight excluding hydrogens is 212 g/mol. The fourth-order valence-electron chi connectivity index (χ4n) is 2.68. The van der Waals surface area contributed by atoms with Gasteiger partial charge in [0.1, 0.15) is 0 Å². The highest BCUT2D eigenvalue weighted by molar-refractivity contribution is 4.79. The minimum Gasteiger partial charge on any atom is -0.390 e. The van der Waals surface area contributed by atoms with E-state index in [2.05, 4.69) is 20.8 Å². The van der Waals surface area contributed by atoms with Crippen LogP contribution in [0.3, 0.4) is 0 Å². The summed E-state index contributed by atoms with van der Waals surface area (Å²) >= 11 is 0. The van der Waals surface area contributed by atoms with Crippen LogP contribution < -0.4 is 0 Å². The van der Waals surface area contributed by atoms with Crippen molar-refractivity contribution in [3.8, 4) is 0 Å². The van der Waals surface area contributed by atoms with E-state index in [4.69, 9.17) is 4.74 Å². The van der Waals surface area contributed by atoms with E-state index in [0.29, 0.717) is 12.0 Å². The molecule has 1 aliphatic carbocycles. The Labute approximate surface area is 107 Å². The maximum Gasteiger partial charge on any atom is 0.0840 e. The summed E-state index contributed by atoms with van der Waals surface area (Å²) in [7, 11) is 0. The molecule has 0 aromatic rings. The van der Waals surface area contributed by atoms with Crippen LogP contribution in [0.15, 0.2) is 0 Å². The molecule has 1 saturated carbocycles. The van der Waals surface area contributed by atoms with Crippen LogP contribution in [0.25, 0.3) is 0 Å². The van der Waals surface area contributed by atoms with Gasteiger partial charge < -0.3 is 9.84 Å². The molecule has 4 atom stereocenters. The summed E-state index contributed by atoms with van der Waals surface area (Å²) in [5, 5.41) is 9.92. The molecule has 0 saturated heterocycles. The molecule has 0 aromatic carbocycles. The Morgan fingerprint density at radius 2 is 2.00 bits per heavy atom. The number of aliphatic hydroxyl groups is 1. The van der Waals surface area contributed by atoms with E-state index < -0.39 is 0 Å². The van der Waals surface area contributed by atoms with E-state index in [0.717, 1.165) is 25.7 Å². The smallest absolute Gasteiger partial charge is 0.0840 e. The maximum absolute atomic E-state index is 9.92. The Hall–Kier alpha value is -0.0800. The maximum atomic E-state index is 9.92. The highest BCUT2D eigenvalue weighted by Crippen LogP contribution is 2.27. The Kier molecular flexibility index (Phi) is 7.14. The number of unbranched alkanes of at least 4 members (excludes halogenated alkanes) is 3. The summed E-state index contributed by atoms with van der Waals surface area (Å²) in [5.74, 6) is 0.704. The van der Waals surface area contributed by atoms with Gasteiger partial charge in [-0.1, -0.05) is 39.5 Å². The molecule has 0 spiro atoms. The normalized spacial score (nSPS) is 31.4. The molecule has 1 N–H and O–H groups in total. The van der Waals surface area contributed by atoms with Crippen LogP contribution in [0.1, 0.15) is 72.1 Å². The van der Waals surface area contributed by atoms with Gasteiger partial charge in [0.2, 0.25) is 0 Å². The molecule has 2 heteroatoms. The minimum absolute atomic E-state index is 0.0833. The Morgan fingerprint density at radius 3 is 2.71 bits per heavy atom. The lowest BCUT2D eigenvalue weighted by Gasteiger charge is -2.33. The van der Waals surface area contributed by atoms with Gasteiger partial charge in [-0.05, 0) is 38.5 Å². The summed E-state index contributed by atoms with van der Waals surface area (Å²) in [6.07, 6.45) is 9.56. The number of aliphatic hydroxyl groups excluding tert-OH is 1. The van der Waals surface area contributed by atoms with Crippen LogP contribution in [0.4, 0.5) is 0 Å². The molecule has 0 aromatic heterocycles. The lowest BCUT2D eigenvalue weighted by molar-refractivity contribution is -0.0995. The largest absolute Gasteiger partial charge is 0.390 e. The fourth-order valence-corrected chi connectivity index (χ4v) is 2.68. The molecule has 1 rings (SSSR count). The van der Waals surface area contributed by atoms with Crippen molar-refractivity contribution in [2.75, 3.05) is 0 Å². The SMILES string of the molecule is CCCCCCC(C)OC1CC(C)CCC1O. The van der Waals surface area contributed by atoms with Gasteiger partial charge in [0, 0.05) is 0 Å². The molecule has 0 amide bonds. The van der Waals surface area contributed by atoms with Crippen molar-refractivity contribution in [1.29, 1.82) is 0 Å². The van der Waals surface area contributed by atoms with Gasteiger partial charge in [-0.15, -0.1) is 0 Å². The van der Waals surface area contributed by atoms with Crippen LogP contribution in [0.2, 0.25) is 0 Å². The molecular formula is C15H30O2. The van der Waals surface area contributed by atoms with Crippen LogP contribution in [-0.2, 0) is 4.74 Å². The van der Waals surface area contributed by atoms with Gasteiger partial charge in [-0.25, -0.2) is 0 Å². The zero-order valence-corrected chi connectivity index (χ0v) is 11.8. The second kappa shape index (κ2) is 8.10. The number of ether oxygens (including phenoxy) is 1. The quantitative estimate of drug-likeness (QED) is 0.686. The van der Waals surface area contributed by atoms with E-state index in [1.165, 1.54) is 25.7 Å². The molecule has 2 nitrogen and oxygen atoms in total. The minimum atomic E-state index is -0.232. The highest BCUT2D eigenvalue weighted by atomic mass is 16.5. The molecule has 0 aliphatic heterocycles. The molecule has 1 aliphatic rings. The monoisotopic (exact) mass is 242 g/mol. The second-order valence-electron chi connectivity index (χ2n) is 5.82. The van der Waals surface area contributed by atoms with Gasteiger partial charge in [-0.2, -0.15) is 0 Å². The third-order valence-corrected chi connectivity index (χ3v) is 3.89. The first-order valence-corrected chi connectivity index (χ1v) is 7.47. The standard InChI is InChI=1S/C15H30O2/c1-4-5-6-7-8-13(3)17-15-11-12(2)9-10-14(15)16/h12-16H,4-11H2,1-3H3. The van der Waals surface area contributed by atoms with E-state index in [-0.39, 0.29) is 12.2 Å². The van der Waals surface area contributed by atoms with Crippen LogP contribution in [0, 0.1) is 5.92 Å².